The van der Waals surface area contributed by atoms with Crippen LogP contribution in [-0.4, -0.2) is 82.6 Å². The van der Waals surface area contributed by atoms with Crippen molar-refractivity contribution in [3.63, 3.8) is 0 Å². The summed E-state index contributed by atoms with van der Waals surface area (Å²) >= 11 is 0. The number of methoxy groups -OCH3 is 1. The standard InChI is InChI=1S/C36H43N9O8/c1-53-35(50)31(20-24-21-40-28-11-6-5-10-26(24)28)43-33(48)29(12-7-17-39-36(38)44-45(51)52)41-34(49)30(19-22-8-3-2-4-9-22)42-32(47)27(37)18-23-13-15-25(46)16-14-23/h2-6,8-11,13-16,21,27,29-31,40,46H,7,12,17-20,37H2,1H3,(H,41,49)(H,42,47)(H,43,48)(H3,38,39,44)/t27-,29-,30+,31-/m0/s1. The van der Waals surface area contributed by atoms with Crippen LogP contribution in [0.1, 0.15) is 29.5 Å². The Morgan fingerprint density at radius 3 is 2.17 bits per heavy atom. The molecule has 10 N–H and O–H groups in total. The van der Waals surface area contributed by atoms with Crippen LogP contribution >= 0.6 is 0 Å². The summed E-state index contributed by atoms with van der Waals surface area (Å²) in [4.78, 5) is 71.8. The third kappa shape index (κ3) is 12.1. The largest absolute Gasteiger partial charge is 0.508 e. The number of carbonyl (C=O) groups excluding carboxylic acids is 4. The number of phenols is 1. The number of guanidine groups is 1. The lowest BCUT2D eigenvalue weighted by atomic mass is 10.0. The molecule has 3 amide bonds. The van der Waals surface area contributed by atoms with Gasteiger partial charge in [0.2, 0.25) is 17.7 Å². The number of hydrazine groups is 1. The van der Waals surface area contributed by atoms with Gasteiger partial charge in [-0.05, 0) is 54.2 Å². The molecule has 1 aromatic heterocycles. The highest BCUT2D eigenvalue weighted by Gasteiger charge is 2.31. The number of hydrogen-bond acceptors (Lipinski definition) is 10. The molecule has 0 radical (unpaired) electrons. The lowest BCUT2D eigenvalue weighted by molar-refractivity contribution is -0.525. The van der Waals surface area contributed by atoms with Crippen LogP contribution in [0.25, 0.3) is 10.9 Å². The Morgan fingerprint density at radius 1 is 0.849 bits per heavy atom. The van der Waals surface area contributed by atoms with Crippen LogP contribution in [0.4, 0.5) is 0 Å². The lowest BCUT2D eigenvalue weighted by Crippen LogP contribution is -2.58. The highest BCUT2D eigenvalue weighted by molar-refractivity contribution is 5.94. The SMILES string of the molecule is COC(=O)[C@H](Cc1c[nH]c2ccccc12)NC(=O)[C@H](CCCN=C(N)N[N+](=O)[O-])NC(=O)[C@@H](Cc1ccccc1)NC(=O)[C@@H](N)Cc1ccc(O)cc1. The quantitative estimate of drug-likeness (QED) is 0.0177. The van der Waals surface area contributed by atoms with Gasteiger partial charge in [-0.1, -0.05) is 66.1 Å². The summed E-state index contributed by atoms with van der Waals surface area (Å²) in [5, 5.41) is 28.4. The first kappa shape index (κ1) is 39.3. The second kappa shape index (κ2) is 19.2. The highest BCUT2D eigenvalue weighted by atomic mass is 16.7. The molecule has 0 saturated heterocycles. The Balaban J connectivity index is 1.55. The second-order valence-electron chi connectivity index (χ2n) is 12.2. The minimum Gasteiger partial charge on any atom is -0.508 e. The number of rotatable bonds is 18. The smallest absolute Gasteiger partial charge is 0.328 e. The molecule has 0 aliphatic heterocycles. The first-order valence-electron chi connectivity index (χ1n) is 16.8. The molecule has 4 atom stereocenters. The Labute approximate surface area is 304 Å². The van der Waals surface area contributed by atoms with Crippen molar-refractivity contribution in [1.29, 1.82) is 0 Å². The maximum absolute atomic E-state index is 14.0. The summed E-state index contributed by atoms with van der Waals surface area (Å²) < 4.78 is 4.99. The van der Waals surface area contributed by atoms with Gasteiger partial charge in [-0.3, -0.25) is 14.4 Å². The molecule has 53 heavy (non-hydrogen) atoms. The predicted molar refractivity (Wildman–Crippen MR) is 196 cm³/mol. The molecule has 3 aromatic carbocycles. The van der Waals surface area contributed by atoms with E-state index in [1.165, 1.54) is 19.2 Å². The number of H-pyrrole nitrogens is 1. The molecule has 280 valence electrons. The van der Waals surface area contributed by atoms with Crippen LogP contribution in [-0.2, 0) is 43.2 Å². The number of aromatic nitrogens is 1. The highest BCUT2D eigenvalue weighted by Crippen LogP contribution is 2.20. The minimum absolute atomic E-state index is 0.0276. The number of fused-ring (bicyclic) bond motifs is 1. The summed E-state index contributed by atoms with van der Waals surface area (Å²) in [6, 6.07) is 18.0. The van der Waals surface area contributed by atoms with E-state index in [4.69, 9.17) is 16.2 Å². The molecule has 4 rings (SSSR count). The summed E-state index contributed by atoms with van der Waals surface area (Å²) in [5.41, 5.74) is 16.5. The normalized spacial score (nSPS) is 13.6. The number of carbonyl (C=O) groups is 4. The minimum atomic E-state index is -1.25. The predicted octanol–water partition coefficient (Wildman–Crippen LogP) is 0.732. The van der Waals surface area contributed by atoms with Crippen molar-refractivity contribution in [3.05, 3.63) is 112 Å². The number of benzene rings is 3. The Bertz CT molecular complexity index is 1900. The van der Waals surface area contributed by atoms with E-state index in [0.717, 1.165) is 16.5 Å². The van der Waals surface area contributed by atoms with Gasteiger partial charge in [0.15, 0.2) is 5.03 Å². The van der Waals surface area contributed by atoms with Crippen molar-refractivity contribution in [3.8, 4) is 5.75 Å². The number of nitrogens with zero attached hydrogens (tertiary/aromatic N) is 2. The van der Waals surface area contributed by atoms with E-state index < -0.39 is 58.9 Å². The summed E-state index contributed by atoms with van der Waals surface area (Å²) in [6.07, 6.45) is 2.09. The number of nitrogens with one attached hydrogen (secondary N) is 5. The number of nitro groups is 1. The maximum Gasteiger partial charge on any atom is 0.328 e. The van der Waals surface area contributed by atoms with Crippen LogP contribution < -0.4 is 32.8 Å². The van der Waals surface area contributed by atoms with Gasteiger partial charge in [-0.2, -0.15) is 0 Å². The van der Waals surface area contributed by atoms with Crippen LogP contribution in [0, 0.1) is 10.1 Å². The number of aromatic amines is 1. The van der Waals surface area contributed by atoms with E-state index in [9.17, 15) is 34.4 Å². The molecule has 0 spiro atoms. The van der Waals surface area contributed by atoms with Crippen molar-refractivity contribution in [2.75, 3.05) is 13.7 Å². The van der Waals surface area contributed by atoms with Crippen molar-refractivity contribution in [1.82, 2.24) is 26.4 Å². The molecule has 4 aromatic rings. The fraction of sp³-hybridized carbons (Fsp3) is 0.306. The molecule has 17 heteroatoms. The molecule has 17 nitrogen and oxygen atoms in total. The van der Waals surface area contributed by atoms with E-state index in [2.05, 4.69) is 25.9 Å². The van der Waals surface area contributed by atoms with Gasteiger partial charge in [0.1, 0.15) is 23.9 Å². The molecular weight excluding hydrogens is 686 g/mol. The number of amides is 3. The molecular formula is C36H43N9O8. The van der Waals surface area contributed by atoms with Crippen molar-refractivity contribution < 1.29 is 34.1 Å². The van der Waals surface area contributed by atoms with E-state index in [0.29, 0.717) is 11.1 Å². The molecule has 0 aliphatic carbocycles. The molecule has 0 saturated carbocycles. The summed E-state index contributed by atoms with van der Waals surface area (Å²) in [5.74, 6) is -3.15. The van der Waals surface area contributed by atoms with Crippen LogP contribution in [0.5, 0.6) is 5.75 Å². The van der Waals surface area contributed by atoms with Gasteiger partial charge in [0, 0.05) is 36.5 Å². The molecule has 0 aliphatic rings. The first-order chi connectivity index (χ1) is 25.4. The van der Waals surface area contributed by atoms with E-state index in [-0.39, 0.29) is 44.4 Å². The number of esters is 1. The van der Waals surface area contributed by atoms with E-state index >= 15 is 0 Å². The Hall–Kier alpha value is -6.49. The van der Waals surface area contributed by atoms with Gasteiger partial charge < -0.3 is 42.2 Å². The zero-order chi connectivity index (χ0) is 38.3. The third-order valence-corrected chi connectivity index (χ3v) is 8.32. The van der Waals surface area contributed by atoms with Gasteiger partial charge in [0.05, 0.1) is 13.2 Å². The van der Waals surface area contributed by atoms with Crippen LogP contribution in [0.3, 0.4) is 0 Å². The zero-order valence-electron chi connectivity index (χ0n) is 29.0. The topological polar surface area (TPSA) is 269 Å². The number of aliphatic imine (C=N–C) groups is 1. The average molecular weight is 730 g/mol. The van der Waals surface area contributed by atoms with Crippen molar-refractivity contribution >= 4 is 40.6 Å². The third-order valence-electron chi connectivity index (χ3n) is 8.32. The maximum atomic E-state index is 14.0. The number of phenolic OH excluding ortho intramolecular Hbond substituents is 1. The van der Waals surface area contributed by atoms with Crippen molar-refractivity contribution in [2.45, 2.75) is 56.3 Å². The Morgan fingerprint density at radius 2 is 1.47 bits per heavy atom. The van der Waals surface area contributed by atoms with Crippen LogP contribution in [0.15, 0.2) is 90.1 Å². The second-order valence-corrected chi connectivity index (χ2v) is 12.2. The van der Waals surface area contributed by atoms with E-state index in [1.807, 2.05) is 24.3 Å². The van der Waals surface area contributed by atoms with Gasteiger partial charge in [-0.15, -0.1) is 0 Å². The lowest BCUT2D eigenvalue weighted by Gasteiger charge is -2.26. The molecule has 0 fully saturated rings. The average Bonchev–Trinajstić information content (AvgIpc) is 3.55. The van der Waals surface area contributed by atoms with E-state index in [1.54, 1.807) is 54.1 Å². The monoisotopic (exact) mass is 729 g/mol. The number of ether oxygens (including phenoxy) is 1. The Kier molecular flexibility index (Phi) is 14.2. The van der Waals surface area contributed by atoms with Gasteiger partial charge in [0.25, 0.3) is 5.96 Å². The number of nitrogens with two attached hydrogens (primary N) is 2. The van der Waals surface area contributed by atoms with Gasteiger partial charge in [-0.25, -0.2) is 19.9 Å². The zero-order valence-corrected chi connectivity index (χ0v) is 29.0. The molecule has 0 bridgehead atoms. The molecule has 1 heterocycles. The number of para-hydroxylation sites is 1. The number of aromatic hydroxyl groups is 1. The van der Waals surface area contributed by atoms with Crippen LogP contribution in [0.2, 0.25) is 0 Å². The first-order valence-corrected chi connectivity index (χ1v) is 16.8. The fourth-order valence-corrected chi connectivity index (χ4v) is 5.61. The molecule has 0 unspecified atom stereocenters. The fourth-order valence-electron chi connectivity index (χ4n) is 5.61. The number of hydrogen-bond donors (Lipinski definition) is 8. The van der Waals surface area contributed by atoms with Crippen molar-refractivity contribution in [2.24, 2.45) is 16.5 Å². The summed E-state index contributed by atoms with van der Waals surface area (Å²) in [6.45, 7) is -0.0433. The van der Waals surface area contributed by atoms with Gasteiger partial charge >= 0.3 is 5.97 Å². The summed E-state index contributed by atoms with van der Waals surface area (Å²) in [7, 11) is 1.20.